The van der Waals surface area contributed by atoms with Crippen molar-refractivity contribution in [2.75, 3.05) is 6.54 Å². The molecule has 1 aliphatic carbocycles. The van der Waals surface area contributed by atoms with Gasteiger partial charge in [0.05, 0.1) is 0 Å². The Morgan fingerprint density at radius 1 is 1.33 bits per heavy atom. The number of hydrogen-bond acceptors (Lipinski definition) is 1. The molecule has 1 fully saturated rings. The molecule has 1 N–H and O–H groups in total. The van der Waals surface area contributed by atoms with E-state index in [-0.39, 0.29) is 0 Å². The molecule has 0 radical (unpaired) electrons. The van der Waals surface area contributed by atoms with Crippen LogP contribution in [0.3, 0.4) is 0 Å². The first kappa shape index (κ1) is 10.0. The summed E-state index contributed by atoms with van der Waals surface area (Å²) in [5, 5.41) is 3.57. The maximum atomic E-state index is 3.57. The molecule has 72 valence electrons. The topological polar surface area (TPSA) is 12.0 Å². The molecule has 0 aromatic rings. The van der Waals surface area contributed by atoms with E-state index in [0.717, 1.165) is 18.5 Å². The molecule has 0 aromatic heterocycles. The van der Waals surface area contributed by atoms with Gasteiger partial charge in [-0.15, -0.1) is 0 Å². The summed E-state index contributed by atoms with van der Waals surface area (Å²) in [4.78, 5) is 0. The Bertz CT molecular complexity index is 140. The van der Waals surface area contributed by atoms with Crippen molar-refractivity contribution in [1.82, 2.24) is 5.32 Å². The van der Waals surface area contributed by atoms with E-state index in [2.05, 4.69) is 33.0 Å². The highest BCUT2D eigenvalue weighted by Crippen LogP contribution is 2.38. The molecule has 0 heterocycles. The van der Waals surface area contributed by atoms with E-state index in [1.54, 1.807) is 0 Å². The quantitative estimate of drug-likeness (QED) is 0.670. The van der Waals surface area contributed by atoms with Crippen molar-refractivity contribution in [1.29, 1.82) is 0 Å². The summed E-state index contributed by atoms with van der Waals surface area (Å²) < 4.78 is 0. The van der Waals surface area contributed by atoms with Gasteiger partial charge in [0.15, 0.2) is 0 Å². The Kier molecular flexibility index (Phi) is 3.16. The Morgan fingerprint density at radius 2 is 2.00 bits per heavy atom. The third-order valence-electron chi connectivity index (χ3n) is 2.88. The van der Waals surface area contributed by atoms with Crippen LogP contribution in [0.2, 0.25) is 0 Å². The van der Waals surface area contributed by atoms with Crippen LogP contribution >= 0.6 is 0 Å². The molecule has 0 saturated heterocycles. The molecule has 1 saturated carbocycles. The van der Waals surface area contributed by atoms with Crippen molar-refractivity contribution >= 4 is 0 Å². The summed E-state index contributed by atoms with van der Waals surface area (Å²) in [6.07, 6.45) is 4.12. The molecule has 1 aliphatic rings. The fourth-order valence-corrected chi connectivity index (χ4v) is 2.79. The van der Waals surface area contributed by atoms with Crippen molar-refractivity contribution in [3.63, 3.8) is 0 Å². The lowest BCUT2D eigenvalue weighted by atomic mass is 9.70. The summed E-state index contributed by atoms with van der Waals surface area (Å²) in [5.41, 5.74) is 0.560. The summed E-state index contributed by atoms with van der Waals surface area (Å²) >= 11 is 0. The molecule has 12 heavy (non-hydrogen) atoms. The number of rotatable bonds is 2. The summed E-state index contributed by atoms with van der Waals surface area (Å²) in [6.45, 7) is 10.5. The highest BCUT2D eigenvalue weighted by molar-refractivity contribution is 4.86. The predicted octanol–water partition coefficient (Wildman–Crippen LogP) is 2.81. The summed E-state index contributed by atoms with van der Waals surface area (Å²) in [7, 11) is 0. The Labute approximate surface area is 76.9 Å². The molecule has 0 bridgehead atoms. The second kappa shape index (κ2) is 3.78. The molecular formula is C11H23N. The predicted molar refractivity (Wildman–Crippen MR) is 54.3 cm³/mol. The highest BCUT2D eigenvalue weighted by atomic mass is 14.9. The van der Waals surface area contributed by atoms with E-state index >= 15 is 0 Å². The van der Waals surface area contributed by atoms with Gasteiger partial charge in [0, 0.05) is 6.04 Å². The van der Waals surface area contributed by atoms with Gasteiger partial charge in [0.25, 0.3) is 0 Å². The first-order valence-corrected chi connectivity index (χ1v) is 5.27. The van der Waals surface area contributed by atoms with Gasteiger partial charge < -0.3 is 5.32 Å². The highest BCUT2D eigenvalue weighted by Gasteiger charge is 2.31. The van der Waals surface area contributed by atoms with Gasteiger partial charge >= 0.3 is 0 Å². The zero-order chi connectivity index (χ0) is 9.19. The largest absolute Gasteiger partial charge is 0.314 e. The van der Waals surface area contributed by atoms with Crippen LogP contribution in [0.4, 0.5) is 0 Å². The monoisotopic (exact) mass is 169 g/mol. The van der Waals surface area contributed by atoms with Crippen LogP contribution < -0.4 is 5.32 Å². The zero-order valence-electron chi connectivity index (χ0n) is 8.98. The van der Waals surface area contributed by atoms with Crippen molar-refractivity contribution < 1.29 is 0 Å². The molecule has 2 atom stereocenters. The third kappa shape index (κ3) is 2.78. The minimum absolute atomic E-state index is 0.560. The Hall–Kier alpha value is -0.0400. The van der Waals surface area contributed by atoms with E-state index < -0.39 is 0 Å². The molecule has 0 aromatic carbocycles. The second-order valence-electron chi connectivity index (χ2n) is 5.17. The van der Waals surface area contributed by atoms with Crippen molar-refractivity contribution in [2.24, 2.45) is 11.3 Å². The van der Waals surface area contributed by atoms with Gasteiger partial charge in [-0.05, 0) is 37.1 Å². The Balaban J connectivity index is 2.46. The Morgan fingerprint density at radius 3 is 2.50 bits per heavy atom. The van der Waals surface area contributed by atoms with Gasteiger partial charge in [-0.1, -0.05) is 27.7 Å². The van der Waals surface area contributed by atoms with Gasteiger partial charge in [-0.3, -0.25) is 0 Å². The minimum atomic E-state index is 0.560. The standard InChI is InChI=1S/C11H23N/c1-5-12-10-6-9(2)7-11(3,4)8-10/h9-10,12H,5-8H2,1-4H3. The van der Waals surface area contributed by atoms with Crippen LogP contribution in [-0.2, 0) is 0 Å². The van der Waals surface area contributed by atoms with Crippen LogP contribution in [-0.4, -0.2) is 12.6 Å². The van der Waals surface area contributed by atoms with Crippen LogP contribution in [0.25, 0.3) is 0 Å². The van der Waals surface area contributed by atoms with Crippen LogP contribution in [0, 0.1) is 11.3 Å². The van der Waals surface area contributed by atoms with E-state index in [1.807, 2.05) is 0 Å². The average molecular weight is 169 g/mol. The van der Waals surface area contributed by atoms with Crippen LogP contribution in [0.1, 0.15) is 47.0 Å². The summed E-state index contributed by atoms with van der Waals surface area (Å²) in [6, 6.07) is 0.772. The number of nitrogens with one attached hydrogen (secondary N) is 1. The van der Waals surface area contributed by atoms with Gasteiger partial charge in [0.2, 0.25) is 0 Å². The first-order chi connectivity index (χ1) is 5.53. The minimum Gasteiger partial charge on any atom is -0.314 e. The van der Waals surface area contributed by atoms with E-state index in [9.17, 15) is 0 Å². The van der Waals surface area contributed by atoms with Gasteiger partial charge in [0.1, 0.15) is 0 Å². The normalized spacial score (nSPS) is 35.0. The smallest absolute Gasteiger partial charge is 0.00745 e. The molecule has 2 unspecified atom stereocenters. The molecule has 0 spiro atoms. The van der Waals surface area contributed by atoms with Gasteiger partial charge in [-0.25, -0.2) is 0 Å². The maximum Gasteiger partial charge on any atom is 0.00745 e. The average Bonchev–Trinajstić information content (AvgIpc) is 1.82. The number of hydrogen-bond donors (Lipinski definition) is 1. The third-order valence-corrected chi connectivity index (χ3v) is 2.88. The van der Waals surface area contributed by atoms with Crippen molar-refractivity contribution in [2.45, 2.75) is 53.0 Å². The lowest BCUT2D eigenvalue weighted by molar-refractivity contribution is 0.153. The molecule has 1 heteroatoms. The fraction of sp³-hybridized carbons (Fsp3) is 1.00. The van der Waals surface area contributed by atoms with E-state index in [1.165, 1.54) is 19.3 Å². The SMILES string of the molecule is CCNC1CC(C)CC(C)(C)C1. The molecule has 0 amide bonds. The molecule has 0 aliphatic heterocycles. The van der Waals surface area contributed by atoms with Gasteiger partial charge in [-0.2, -0.15) is 0 Å². The first-order valence-electron chi connectivity index (χ1n) is 5.27. The molecular weight excluding hydrogens is 146 g/mol. The molecule has 1 rings (SSSR count). The lowest BCUT2D eigenvalue weighted by Gasteiger charge is -2.39. The second-order valence-corrected chi connectivity index (χ2v) is 5.17. The van der Waals surface area contributed by atoms with E-state index in [0.29, 0.717) is 5.41 Å². The lowest BCUT2D eigenvalue weighted by Crippen LogP contribution is -2.39. The van der Waals surface area contributed by atoms with Crippen LogP contribution in [0.5, 0.6) is 0 Å². The van der Waals surface area contributed by atoms with Crippen molar-refractivity contribution in [3.8, 4) is 0 Å². The zero-order valence-corrected chi connectivity index (χ0v) is 8.98. The fourth-order valence-electron chi connectivity index (χ4n) is 2.79. The maximum absolute atomic E-state index is 3.57. The molecule has 1 nitrogen and oxygen atoms in total. The van der Waals surface area contributed by atoms with E-state index in [4.69, 9.17) is 0 Å². The van der Waals surface area contributed by atoms with Crippen LogP contribution in [0.15, 0.2) is 0 Å². The summed E-state index contributed by atoms with van der Waals surface area (Å²) in [5.74, 6) is 0.901. The van der Waals surface area contributed by atoms with Crippen molar-refractivity contribution in [3.05, 3.63) is 0 Å².